The maximum Gasteiger partial charge on any atom is 0.258 e. The third kappa shape index (κ3) is 3.66. The molecule has 1 aromatic carbocycles. The van der Waals surface area contributed by atoms with Gasteiger partial charge in [-0.05, 0) is 23.6 Å². The van der Waals surface area contributed by atoms with Crippen molar-refractivity contribution >= 4 is 17.2 Å². The first kappa shape index (κ1) is 16.7. The molecule has 2 heterocycles. The van der Waals surface area contributed by atoms with Crippen LogP contribution in [0, 0.1) is 5.92 Å². The van der Waals surface area contributed by atoms with Gasteiger partial charge in [-0.15, -0.1) is 0 Å². The fourth-order valence-electron chi connectivity index (χ4n) is 2.83. The van der Waals surface area contributed by atoms with Crippen LogP contribution in [0.25, 0.3) is 5.65 Å². The van der Waals surface area contributed by atoms with Crippen LogP contribution in [0.1, 0.15) is 31.1 Å². The van der Waals surface area contributed by atoms with Gasteiger partial charge < -0.3 is 5.32 Å². The SMILES string of the molecule is CC(C)[C@@H](NCc1cc(=O)n2cc(Cl)ccc2n1)c1ccccc1. The zero-order chi connectivity index (χ0) is 17.1. The highest BCUT2D eigenvalue weighted by Gasteiger charge is 2.15. The molecule has 0 amide bonds. The Morgan fingerprint density at radius 1 is 1.17 bits per heavy atom. The lowest BCUT2D eigenvalue weighted by molar-refractivity contribution is 0.408. The van der Waals surface area contributed by atoms with Gasteiger partial charge in [-0.25, -0.2) is 4.98 Å². The van der Waals surface area contributed by atoms with Crippen LogP contribution in [-0.4, -0.2) is 9.38 Å². The summed E-state index contributed by atoms with van der Waals surface area (Å²) >= 11 is 5.94. The second-order valence-electron chi connectivity index (χ2n) is 6.17. The molecule has 24 heavy (non-hydrogen) atoms. The molecule has 5 heteroatoms. The third-order valence-corrected chi connectivity index (χ3v) is 4.23. The average Bonchev–Trinajstić information content (AvgIpc) is 2.56. The van der Waals surface area contributed by atoms with E-state index in [1.165, 1.54) is 9.96 Å². The molecular weight excluding hydrogens is 322 g/mol. The second kappa shape index (κ2) is 7.16. The van der Waals surface area contributed by atoms with E-state index in [1.807, 2.05) is 18.2 Å². The highest BCUT2D eigenvalue weighted by Crippen LogP contribution is 2.21. The maximum absolute atomic E-state index is 12.2. The minimum atomic E-state index is -0.125. The molecule has 0 saturated heterocycles. The first-order valence-corrected chi connectivity index (χ1v) is 8.38. The minimum absolute atomic E-state index is 0.125. The predicted octanol–water partition coefficient (Wildman–Crippen LogP) is 3.83. The van der Waals surface area contributed by atoms with Crippen molar-refractivity contribution in [2.24, 2.45) is 5.92 Å². The number of aromatic nitrogens is 2. The predicted molar refractivity (Wildman–Crippen MR) is 97.3 cm³/mol. The Morgan fingerprint density at radius 3 is 2.62 bits per heavy atom. The molecule has 2 aromatic heterocycles. The Morgan fingerprint density at radius 2 is 1.92 bits per heavy atom. The number of halogens is 1. The lowest BCUT2D eigenvalue weighted by Crippen LogP contribution is -2.27. The largest absolute Gasteiger partial charge is 0.304 e. The maximum atomic E-state index is 12.2. The summed E-state index contributed by atoms with van der Waals surface area (Å²) < 4.78 is 1.46. The fraction of sp³-hybridized carbons (Fsp3) is 0.263. The molecule has 0 spiro atoms. The van der Waals surface area contributed by atoms with Gasteiger partial charge in [-0.2, -0.15) is 0 Å². The van der Waals surface area contributed by atoms with Crippen molar-refractivity contribution in [3.8, 4) is 0 Å². The van der Waals surface area contributed by atoms with E-state index in [2.05, 4.69) is 36.3 Å². The highest BCUT2D eigenvalue weighted by molar-refractivity contribution is 6.30. The molecule has 4 nitrogen and oxygen atoms in total. The third-order valence-electron chi connectivity index (χ3n) is 4.01. The van der Waals surface area contributed by atoms with E-state index in [4.69, 9.17) is 11.6 Å². The number of hydrogen-bond acceptors (Lipinski definition) is 3. The van der Waals surface area contributed by atoms with Crippen LogP contribution in [0.5, 0.6) is 0 Å². The second-order valence-corrected chi connectivity index (χ2v) is 6.61. The lowest BCUT2D eigenvalue weighted by Gasteiger charge is -2.23. The Hall–Kier alpha value is -2.17. The van der Waals surface area contributed by atoms with E-state index < -0.39 is 0 Å². The zero-order valence-corrected chi connectivity index (χ0v) is 14.5. The van der Waals surface area contributed by atoms with Gasteiger partial charge >= 0.3 is 0 Å². The number of hydrogen-bond donors (Lipinski definition) is 1. The quantitative estimate of drug-likeness (QED) is 0.767. The number of fused-ring (bicyclic) bond motifs is 1. The standard InChI is InChI=1S/C19H20ClN3O/c1-13(2)19(14-6-4-3-5-7-14)21-11-16-10-18(24)23-12-15(20)8-9-17(23)22-16/h3-10,12-13,19,21H,11H2,1-2H3/t19-/m1/s1. The van der Waals surface area contributed by atoms with Gasteiger partial charge in [0.15, 0.2) is 0 Å². The first-order chi connectivity index (χ1) is 11.5. The van der Waals surface area contributed by atoms with Crippen LogP contribution >= 0.6 is 11.6 Å². The van der Waals surface area contributed by atoms with Crippen molar-refractivity contribution in [3.05, 3.63) is 81.4 Å². The summed E-state index contributed by atoms with van der Waals surface area (Å²) in [4.78, 5) is 16.8. The topological polar surface area (TPSA) is 46.4 Å². The van der Waals surface area contributed by atoms with Crippen LogP contribution in [0.2, 0.25) is 5.02 Å². The molecule has 0 aliphatic rings. The molecule has 1 atom stereocenters. The molecule has 0 aliphatic carbocycles. The van der Waals surface area contributed by atoms with Crippen LogP contribution < -0.4 is 10.9 Å². The van der Waals surface area contributed by atoms with Crippen LogP contribution in [-0.2, 0) is 6.54 Å². The molecule has 124 valence electrons. The normalized spacial score (nSPS) is 12.7. The van der Waals surface area contributed by atoms with Crippen molar-refractivity contribution in [1.29, 1.82) is 0 Å². The molecular formula is C19H20ClN3O. The summed E-state index contributed by atoms with van der Waals surface area (Å²) in [6.07, 6.45) is 1.59. The van der Waals surface area contributed by atoms with Gasteiger partial charge in [0.25, 0.3) is 5.56 Å². The van der Waals surface area contributed by atoms with Crippen molar-refractivity contribution in [2.75, 3.05) is 0 Å². The Balaban J connectivity index is 1.84. The molecule has 0 unspecified atom stereocenters. The number of benzene rings is 1. The van der Waals surface area contributed by atoms with Gasteiger partial charge in [0, 0.05) is 24.8 Å². The van der Waals surface area contributed by atoms with Crippen LogP contribution in [0.15, 0.2) is 59.5 Å². The molecule has 0 fully saturated rings. The summed E-state index contributed by atoms with van der Waals surface area (Å²) in [5.74, 6) is 0.424. The van der Waals surface area contributed by atoms with E-state index in [-0.39, 0.29) is 11.6 Å². The van der Waals surface area contributed by atoms with E-state index in [0.29, 0.717) is 23.1 Å². The van der Waals surface area contributed by atoms with Gasteiger partial charge in [0.2, 0.25) is 0 Å². The van der Waals surface area contributed by atoms with Crippen molar-refractivity contribution in [2.45, 2.75) is 26.4 Å². The van der Waals surface area contributed by atoms with Crippen molar-refractivity contribution in [3.63, 3.8) is 0 Å². The van der Waals surface area contributed by atoms with Gasteiger partial charge in [0.1, 0.15) is 5.65 Å². The summed E-state index contributed by atoms with van der Waals surface area (Å²) in [6.45, 7) is 4.89. The van der Waals surface area contributed by atoms with Crippen molar-refractivity contribution < 1.29 is 0 Å². The van der Waals surface area contributed by atoms with E-state index >= 15 is 0 Å². The number of pyridine rings is 1. The molecule has 0 aliphatic heterocycles. The van der Waals surface area contributed by atoms with E-state index in [9.17, 15) is 4.79 Å². The highest BCUT2D eigenvalue weighted by atomic mass is 35.5. The van der Waals surface area contributed by atoms with Gasteiger partial charge in [-0.1, -0.05) is 55.8 Å². The molecule has 0 bridgehead atoms. The van der Waals surface area contributed by atoms with Crippen molar-refractivity contribution in [1.82, 2.24) is 14.7 Å². The molecule has 3 rings (SSSR count). The van der Waals surface area contributed by atoms with Gasteiger partial charge in [-0.3, -0.25) is 9.20 Å². The number of rotatable bonds is 5. The smallest absolute Gasteiger partial charge is 0.258 e. The summed E-state index contributed by atoms with van der Waals surface area (Å²) in [5, 5.41) is 4.03. The summed E-state index contributed by atoms with van der Waals surface area (Å²) in [6, 6.07) is 15.6. The number of nitrogens with one attached hydrogen (secondary N) is 1. The van der Waals surface area contributed by atoms with E-state index in [1.54, 1.807) is 24.4 Å². The number of nitrogens with zero attached hydrogens (tertiary/aromatic N) is 2. The van der Waals surface area contributed by atoms with Gasteiger partial charge in [0.05, 0.1) is 10.7 Å². The minimum Gasteiger partial charge on any atom is -0.304 e. The Labute approximate surface area is 146 Å². The molecule has 1 N–H and O–H groups in total. The molecule has 0 radical (unpaired) electrons. The van der Waals surface area contributed by atoms with Crippen LogP contribution in [0.4, 0.5) is 0 Å². The monoisotopic (exact) mass is 341 g/mol. The van der Waals surface area contributed by atoms with Crippen LogP contribution in [0.3, 0.4) is 0 Å². The molecule has 3 aromatic rings. The van der Waals surface area contributed by atoms with E-state index in [0.717, 1.165) is 5.69 Å². The zero-order valence-electron chi connectivity index (χ0n) is 13.7. The fourth-order valence-corrected chi connectivity index (χ4v) is 2.99. The summed E-state index contributed by atoms with van der Waals surface area (Å²) in [7, 11) is 0. The Kier molecular flexibility index (Phi) is 4.97. The molecule has 0 saturated carbocycles. The lowest BCUT2D eigenvalue weighted by atomic mass is 9.96. The first-order valence-electron chi connectivity index (χ1n) is 8.01. The average molecular weight is 342 g/mol. The Bertz CT molecular complexity index is 890. The summed E-state index contributed by atoms with van der Waals surface area (Å²) in [5.41, 5.74) is 2.44.